The standard InChI is InChI=1S/C16H16F2O3/c1-10(19)14-6-5-13(20-2)8-16(14)21-9-11-3-4-12(17)7-15(11)18/h3-8,10,19H,9H2,1-2H3/t10-/m0/s1. The Morgan fingerprint density at radius 2 is 1.90 bits per heavy atom. The topological polar surface area (TPSA) is 38.7 Å². The van der Waals surface area contributed by atoms with Crippen molar-refractivity contribution in [1.29, 1.82) is 0 Å². The van der Waals surface area contributed by atoms with Crippen LogP contribution in [0.2, 0.25) is 0 Å². The maximum Gasteiger partial charge on any atom is 0.132 e. The van der Waals surface area contributed by atoms with Gasteiger partial charge in [0, 0.05) is 23.3 Å². The van der Waals surface area contributed by atoms with Gasteiger partial charge in [-0.1, -0.05) is 0 Å². The molecule has 0 unspecified atom stereocenters. The van der Waals surface area contributed by atoms with Gasteiger partial charge in [-0.25, -0.2) is 8.78 Å². The highest BCUT2D eigenvalue weighted by atomic mass is 19.1. The van der Waals surface area contributed by atoms with Crippen molar-refractivity contribution < 1.29 is 23.4 Å². The van der Waals surface area contributed by atoms with E-state index in [1.165, 1.54) is 19.2 Å². The smallest absolute Gasteiger partial charge is 0.132 e. The number of ether oxygens (including phenoxy) is 2. The summed E-state index contributed by atoms with van der Waals surface area (Å²) in [6.07, 6.45) is -0.732. The third kappa shape index (κ3) is 3.70. The fraction of sp³-hybridized carbons (Fsp3) is 0.250. The van der Waals surface area contributed by atoms with Crippen LogP contribution in [0.1, 0.15) is 24.2 Å². The minimum atomic E-state index is -0.732. The number of rotatable bonds is 5. The lowest BCUT2D eigenvalue weighted by Crippen LogP contribution is -2.03. The molecule has 0 bridgehead atoms. The number of aliphatic hydroxyl groups is 1. The van der Waals surface area contributed by atoms with Crippen molar-refractivity contribution in [1.82, 2.24) is 0 Å². The zero-order chi connectivity index (χ0) is 15.4. The molecule has 112 valence electrons. The van der Waals surface area contributed by atoms with E-state index in [1.807, 2.05) is 0 Å². The highest BCUT2D eigenvalue weighted by Crippen LogP contribution is 2.30. The van der Waals surface area contributed by atoms with E-state index in [-0.39, 0.29) is 12.2 Å². The summed E-state index contributed by atoms with van der Waals surface area (Å²) in [5.41, 5.74) is 0.800. The van der Waals surface area contributed by atoms with Crippen LogP contribution in [-0.4, -0.2) is 12.2 Å². The first-order valence-corrected chi connectivity index (χ1v) is 6.44. The Labute approximate surface area is 121 Å². The molecular formula is C16H16F2O3. The number of methoxy groups -OCH3 is 1. The van der Waals surface area contributed by atoms with Crippen molar-refractivity contribution in [3.63, 3.8) is 0 Å². The Bertz CT molecular complexity index is 627. The van der Waals surface area contributed by atoms with Gasteiger partial charge < -0.3 is 14.6 Å². The monoisotopic (exact) mass is 294 g/mol. The molecule has 0 aliphatic rings. The van der Waals surface area contributed by atoms with Gasteiger partial charge in [0.1, 0.15) is 29.7 Å². The molecule has 0 saturated heterocycles. The quantitative estimate of drug-likeness (QED) is 0.915. The summed E-state index contributed by atoms with van der Waals surface area (Å²) in [6, 6.07) is 8.30. The molecule has 0 heterocycles. The normalized spacial score (nSPS) is 12.0. The molecule has 1 N–H and O–H groups in total. The van der Waals surface area contributed by atoms with Crippen LogP contribution in [0.4, 0.5) is 8.78 Å². The summed E-state index contributed by atoms with van der Waals surface area (Å²) in [7, 11) is 1.51. The summed E-state index contributed by atoms with van der Waals surface area (Å²) in [4.78, 5) is 0. The molecule has 0 aliphatic heterocycles. The number of hydrogen-bond acceptors (Lipinski definition) is 3. The minimum absolute atomic E-state index is 0.0704. The second-order valence-corrected chi connectivity index (χ2v) is 4.60. The van der Waals surface area contributed by atoms with Crippen LogP contribution in [-0.2, 0) is 6.61 Å². The predicted molar refractivity (Wildman–Crippen MR) is 74.3 cm³/mol. The van der Waals surface area contributed by atoms with Gasteiger partial charge in [0.2, 0.25) is 0 Å². The fourth-order valence-corrected chi connectivity index (χ4v) is 1.91. The first-order valence-electron chi connectivity index (χ1n) is 6.44. The molecule has 0 aliphatic carbocycles. The van der Waals surface area contributed by atoms with Gasteiger partial charge in [0.25, 0.3) is 0 Å². The Hall–Kier alpha value is -2.14. The molecular weight excluding hydrogens is 278 g/mol. The number of hydrogen-bond donors (Lipinski definition) is 1. The number of aliphatic hydroxyl groups excluding tert-OH is 1. The molecule has 2 aromatic rings. The van der Waals surface area contributed by atoms with E-state index in [0.717, 1.165) is 6.07 Å². The summed E-state index contributed by atoms with van der Waals surface area (Å²) in [5, 5.41) is 9.71. The van der Waals surface area contributed by atoms with E-state index in [2.05, 4.69) is 0 Å². The van der Waals surface area contributed by atoms with Crippen molar-refractivity contribution >= 4 is 0 Å². The molecule has 3 nitrogen and oxygen atoms in total. The highest BCUT2D eigenvalue weighted by Gasteiger charge is 2.12. The SMILES string of the molecule is COc1ccc([C@H](C)O)c(OCc2ccc(F)cc2F)c1. The van der Waals surface area contributed by atoms with Crippen molar-refractivity contribution in [3.8, 4) is 11.5 Å². The van der Waals surface area contributed by atoms with E-state index in [4.69, 9.17) is 9.47 Å². The molecule has 0 spiro atoms. The molecule has 21 heavy (non-hydrogen) atoms. The van der Waals surface area contributed by atoms with E-state index in [1.54, 1.807) is 25.1 Å². The maximum absolute atomic E-state index is 13.6. The third-order valence-corrected chi connectivity index (χ3v) is 3.07. The van der Waals surface area contributed by atoms with Crippen molar-refractivity contribution in [2.24, 2.45) is 0 Å². The van der Waals surface area contributed by atoms with E-state index < -0.39 is 17.7 Å². The summed E-state index contributed by atoms with van der Waals surface area (Å²) < 4.78 is 37.1. The van der Waals surface area contributed by atoms with Crippen molar-refractivity contribution in [3.05, 3.63) is 59.2 Å². The zero-order valence-electron chi connectivity index (χ0n) is 11.8. The van der Waals surface area contributed by atoms with Gasteiger partial charge in [-0.3, -0.25) is 0 Å². The summed E-state index contributed by atoms with van der Waals surface area (Å²) >= 11 is 0. The molecule has 0 fully saturated rings. The number of benzene rings is 2. The Balaban J connectivity index is 2.22. The third-order valence-electron chi connectivity index (χ3n) is 3.07. The van der Waals surface area contributed by atoms with Crippen molar-refractivity contribution in [2.45, 2.75) is 19.6 Å². The van der Waals surface area contributed by atoms with Gasteiger partial charge in [0.05, 0.1) is 13.2 Å². The van der Waals surface area contributed by atoms with Crippen LogP contribution >= 0.6 is 0 Å². The molecule has 0 amide bonds. The first-order chi connectivity index (χ1) is 10.0. The summed E-state index contributed by atoms with van der Waals surface area (Å²) in [5.74, 6) is -0.346. The lowest BCUT2D eigenvalue weighted by molar-refractivity contribution is 0.189. The minimum Gasteiger partial charge on any atom is -0.497 e. The maximum atomic E-state index is 13.6. The van der Waals surface area contributed by atoms with Crippen LogP contribution < -0.4 is 9.47 Å². The van der Waals surface area contributed by atoms with Gasteiger partial charge in [-0.2, -0.15) is 0 Å². The average molecular weight is 294 g/mol. The van der Waals surface area contributed by atoms with Gasteiger partial charge in [0.15, 0.2) is 0 Å². The van der Waals surface area contributed by atoms with Crippen molar-refractivity contribution in [2.75, 3.05) is 7.11 Å². The van der Waals surface area contributed by atoms with Crippen LogP contribution in [0.3, 0.4) is 0 Å². The lowest BCUT2D eigenvalue weighted by atomic mass is 10.1. The molecule has 0 radical (unpaired) electrons. The second-order valence-electron chi connectivity index (χ2n) is 4.60. The zero-order valence-corrected chi connectivity index (χ0v) is 11.8. The Morgan fingerprint density at radius 1 is 1.14 bits per heavy atom. The molecule has 2 aromatic carbocycles. The molecule has 5 heteroatoms. The average Bonchev–Trinajstić information content (AvgIpc) is 2.45. The molecule has 2 rings (SSSR count). The predicted octanol–water partition coefficient (Wildman–Crippen LogP) is 3.61. The summed E-state index contributed by atoms with van der Waals surface area (Å²) in [6.45, 7) is 1.53. The molecule has 0 saturated carbocycles. The van der Waals surface area contributed by atoms with Crippen LogP contribution in [0.15, 0.2) is 36.4 Å². The molecule has 0 aromatic heterocycles. The van der Waals surface area contributed by atoms with E-state index in [0.29, 0.717) is 17.1 Å². The van der Waals surface area contributed by atoms with Crippen LogP contribution in [0.25, 0.3) is 0 Å². The van der Waals surface area contributed by atoms with Crippen LogP contribution in [0.5, 0.6) is 11.5 Å². The Morgan fingerprint density at radius 3 is 2.52 bits per heavy atom. The Kier molecular flexibility index (Phi) is 4.75. The first kappa shape index (κ1) is 15.3. The fourth-order valence-electron chi connectivity index (χ4n) is 1.91. The molecule has 1 atom stereocenters. The number of halogens is 2. The van der Waals surface area contributed by atoms with Gasteiger partial charge in [-0.05, 0) is 31.2 Å². The van der Waals surface area contributed by atoms with Gasteiger partial charge in [-0.15, -0.1) is 0 Å². The highest BCUT2D eigenvalue weighted by molar-refractivity contribution is 5.42. The van der Waals surface area contributed by atoms with E-state index in [9.17, 15) is 13.9 Å². The van der Waals surface area contributed by atoms with Gasteiger partial charge >= 0.3 is 0 Å². The lowest BCUT2D eigenvalue weighted by Gasteiger charge is -2.15. The van der Waals surface area contributed by atoms with E-state index >= 15 is 0 Å². The van der Waals surface area contributed by atoms with Crippen LogP contribution in [0, 0.1) is 11.6 Å². The second kappa shape index (κ2) is 6.54. The largest absolute Gasteiger partial charge is 0.497 e.